The van der Waals surface area contributed by atoms with Crippen LogP contribution in [0.5, 0.6) is 0 Å². The lowest BCUT2D eigenvalue weighted by atomic mass is 9.86. The Hall–Kier alpha value is -2.40. The maximum absolute atomic E-state index is 12.8. The summed E-state index contributed by atoms with van der Waals surface area (Å²) in [5.41, 5.74) is 3.72. The minimum atomic E-state index is 0.0125. The lowest BCUT2D eigenvalue weighted by molar-refractivity contribution is 0.0637. The van der Waals surface area contributed by atoms with Gasteiger partial charge in [0.2, 0.25) is 0 Å². The van der Waals surface area contributed by atoms with Gasteiger partial charge in [-0.05, 0) is 35.7 Å². The van der Waals surface area contributed by atoms with Crippen LogP contribution in [0.4, 0.5) is 11.4 Å². The molecule has 0 radical (unpaired) electrons. The number of carbonyl (C=O) groups excluding carboxylic acids is 1. The zero-order chi connectivity index (χ0) is 19.4. The Kier molecular flexibility index (Phi) is 5.80. The Morgan fingerprint density at radius 1 is 1.11 bits per heavy atom. The van der Waals surface area contributed by atoms with E-state index in [9.17, 15) is 4.79 Å². The molecule has 2 heterocycles. The summed E-state index contributed by atoms with van der Waals surface area (Å²) in [7, 11) is 0. The molecule has 5 nitrogen and oxygen atoms in total. The van der Waals surface area contributed by atoms with E-state index in [1.807, 2.05) is 23.1 Å². The van der Waals surface area contributed by atoms with Crippen molar-refractivity contribution in [1.29, 1.82) is 0 Å². The molecule has 1 amide bonds. The first kappa shape index (κ1) is 19.4. The molecular weight excluding hydrogens is 336 g/mol. The van der Waals surface area contributed by atoms with E-state index in [2.05, 4.69) is 61.1 Å². The van der Waals surface area contributed by atoms with Gasteiger partial charge in [-0.3, -0.25) is 9.78 Å². The van der Waals surface area contributed by atoms with Crippen molar-refractivity contribution < 1.29 is 4.79 Å². The van der Waals surface area contributed by atoms with E-state index >= 15 is 0 Å². The van der Waals surface area contributed by atoms with Gasteiger partial charge in [0.05, 0.1) is 0 Å². The number of nitrogens with one attached hydrogen (secondary N) is 1. The monoisotopic (exact) mass is 366 g/mol. The van der Waals surface area contributed by atoms with Crippen molar-refractivity contribution in [2.24, 2.45) is 0 Å². The molecule has 1 fully saturated rings. The lowest BCUT2D eigenvalue weighted by Crippen LogP contribution is -2.48. The third-order valence-electron chi connectivity index (χ3n) is 5.10. The van der Waals surface area contributed by atoms with Crippen LogP contribution >= 0.6 is 0 Å². The highest BCUT2D eigenvalue weighted by Gasteiger charge is 2.23. The Bertz CT molecular complexity index is 789. The molecule has 2 aromatic rings. The van der Waals surface area contributed by atoms with Gasteiger partial charge >= 0.3 is 0 Å². The van der Waals surface area contributed by atoms with E-state index in [0.717, 1.165) is 44.1 Å². The molecule has 5 heteroatoms. The average molecular weight is 367 g/mol. The van der Waals surface area contributed by atoms with Crippen molar-refractivity contribution in [3.05, 3.63) is 53.9 Å². The molecule has 1 aliphatic rings. The van der Waals surface area contributed by atoms with E-state index in [0.29, 0.717) is 5.69 Å². The largest absolute Gasteiger partial charge is 0.355 e. The first-order valence-electron chi connectivity index (χ1n) is 9.72. The normalized spacial score (nSPS) is 15.6. The number of piperazine rings is 1. The number of carbonyl (C=O) groups is 1. The molecule has 1 saturated heterocycles. The molecule has 0 atom stereocenters. The second kappa shape index (κ2) is 8.09. The molecule has 1 aromatic heterocycles. The Morgan fingerprint density at radius 2 is 1.81 bits per heavy atom. The van der Waals surface area contributed by atoms with Crippen molar-refractivity contribution in [2.75, 3.05) is 38.0 Å². The van der Waals surface area contributed by atoms with E-state index in [1.165, 1.54) is 5.56 Å². The highest BCUT2D eigenvalue weighted by atomic mass is 16.2. The van der Waals surface area contributed by atoms with Gasteiger partial charge < -0.3 is 15.1 Å². The number of pyridine rings is 1. The predicted octanol–water partition coefficient (Wildman–Crippen LogP) is 3.90. The Morgan fingerprint density at radius 3 is 2.48 bits per heavy atom. The molecule has 0 saturated carbocycles. The molecule has 3 rings (SSSR count). The van der Waals surface area contributed by atoms with Crippen LogP contribution in [0.1, 0.15) is 43.7 Å². The molecule has 0 aliphatic carbocycles. The molecule has 0 unspecified atom stereocenters. The van der Waals surface area contributed by atoms with Crippen LogP contribution in [0.3, 0.4) is 0 Å². The molecular formula is C22H30N4O. The first-order valence-corrected chi connectivity index (χ1v) is 9.72. The fraction of sp³-hybridized carbons (Fsp3) is 0.455. The lowest BCUT2D eigenvalue weighted by Gasteiger charge is -2.33. The minimum absolute atomic E-state index is 0.0125. The average Bonchev–Trinajstić information content (AvgIpc) is 2.67. The second-order valence-electron chi connectivity index (χ2n) is 8.08. The van der Waals surface area contributed by atoms with Gasteiger partial charge in [0.25, 0.3) is 5.91 Å². The number of benzene rings is 1. The van der Waals surface area contributed by atoms with Crippen LogP contribution in [-0.2, 0) is 5.41 Å². The number of anilines is 2. The van der Waals surface area contributed by atoms with E-state index in [4.69, 9.17) is 0 Å². The SMILES string of the molecule is CCN1CCN(C(=O)c2cc(Nc3ccccc3C(C)(C)C)ccn2)CC1. The number of hydrogen-bond acceptors (Lipinski definition) is 4. The number of amides is 1. The van der Waals surface area contributed by atoms with Gasteiger partial charge in [-0.2, -0.15) is 0 Å². The second-order valence-corrected chi connectivity index (χ2v) is 8.08. The van der Waals surface area contributed by atoms with Crippen molar-refractivity contribution in [1.82, 2.24) is 14.8 Å². The van der Waals surface area contributed by atoms with E-state index < -0.39 is 0 Å². The van der Waals surface area contributed by atoms with Crippen LogP contribution in [0, 0.1) is 0 Å². The van der Waals surface area contributed by atoms with Gasteiger partial charge in [0.15, 0.2) is 0 Å². The van der Waals surface area contributed by atoms with Gasteiger partial charge in [0.1, 0.15) is 5.69 Å². The van der Waals surface area contributed by atoms with Crippen molar-refractivity contribution >= 4 is 17.3 Å². The van der Waals surface area contributed by atoms with Gasteiger partial charge in [0, 0.05) is 43.8 Å². The fourth-order valence-electron chi connectivity index (χ4n) is 3.46. The van der Waals surface area contributed by atoms with E-state index in [-0.39, 0.29) is 11.3 Å². The number of hydrogen-bond donors (Lipinski definition) is 1. The summed E-state index contributed by atoms with van der Waals surface area (Å²) in [6, 6.07) is 12.1. The fourth-order valence-corrected chi connectivity index (χ4v) is 3.46. The third-order valence-corrected chi connectivity index (χ3v) is 5.10. The summed E-state index contributed by atoms with van der Waals surface area (Å²) in [5, 5.41) is 3.47. The standard InChI is InChI=1S/C22H30N4O/c1-5-25-12-14-26(15-13-25)21(27)20-16-17(10-11-23-20)24-19-9-7-6-8-18(19)22(2,3)4/h6-11,16H,5,12-15H2,1-4H3,(H,23,24). The molecule has 1 aromatic carbocycles. The summed E-state index contributed by atoms with van der Waals surface area (Å²) in [6.45, 7) is 13.2. The zero-order valence-electron chi connectivity index (χ0n) is 16.8. The summed E-state index contributed by atoms with van der Waals surface area (Å²) in [5.74, 6) is 0.0125. The molecule has 144 valence electrons. The molecule has 1 N–H and O–H groups in total. The molecule has 0 spiro atoms. The Labute approximate surface area is 162 Å². The first-order chi connectivity index (χ1) is 12.9. The number of para-hydroxylation sites is 1. The zero-order valence-corrected chi connectivity index (χ0v) is 16.8. The van der Waals surface area contributed by atoms with Crippen molar-refractivity contribution in [3.8, 4) is 0 Å². The molecule has 0 bridgehead atoms. The highest BCUT2D eigenvalue weighted by molar-refractivity contribution is 5.93. The van der Waals surface area contributed by atoms with Gasteiger partial charge in [-0.1, -0.05) is 45.9 Å². The molecule has 27 heavy (non-hydrogen) atoms. The third kappa shape index (κ3) is 4.66. The van der Waals surface area contributed by atoms with Crippen LogP contribution in [0.2, 0.25) is 0 Å². The predicted molar refractivity (Wildman–Crippen MR) is 111 cm³/mol. The van der Waals surface area contributed by atoms with Crippen LogP contribution < -0.4 is 5.32 Å². The minimum Gasteiger partial charge on any atom is -0.355 e. The van der Waals surface area contributed by atoms with Gasteiger partial charge in [-0.25, -0.2) is 0 Å². The Balaban J connectivity index is 1.76. The smallest absolute Gasteiger partial charge is 0.272 e. The highest BCUT2D eigenvalue weighted by Crippen LogP contribution is 2.31. The summed E-state index contributed by atoms with van der Waals surface area (Å²) < 4.78 is 0. The number of aromatic nitrogens is 1. The summed E-state index contributed by atoms with van der Waals surface area (Å²) >= 11 is 0. The number of nitrogens with zero attached hydrogens (tertiary/aromatic N) is 3. The maximum atomic E-state index is 12.8. The van der Waals surface area contributed by atoms with Crippen molar-refractivity contribution in [3.63, 3.8) is 0 Å². The van der Waals surface area contributed by atoms with Crippen LogP contribution in [-0.4, -0.2) is 53.4 Å². The van der Waals surface area contributed by atoms with E-state index in [1.54, 1.807) is 6.20 Å². The summed E-state index contributed by atoms with van der Waals surface area (Å²) in [6.07, 6.45) is 1.71. The maximum Gasteiger partial charge on any atom is 0.272 e. The number of likely N-dealkylation sites (N-methyl/N-ethyl adjacent to an activating group) is 1. The van der Waals surface area contributed by atoms with Crippen molar-refractivity contribution in [2.45, 2.75) is 33.1 Å². The quantitative estimate of drug-likeness (QED) is 0.891. The van der Waals surface area contributed by atoms with Crippen LogP contribution in [0.15, 0.2) is 42.6 Å². The van der Waals surface area contributed by atoms with Gasteiger partial charge in [-0.15, -0.1) is 0 Å². The van der Waals surface area contributed by atoms with Crippen LogP contribution in [0.25, 0.3) is 0 Å². The summed E-state index contributed by atoms with van der Waals surface area (Å²) in [4.78, 5) is 21.4. The number of rotatable bonds is 4. The molecule has 1 aliphatic heterocycles. The topological polar surface area (TPSA) is 48.5 Å².